The van der Waals surface area contributed by atoms with Gasteiger partial charge in [0.15, 0.2) is 0 Å². The van der Waals surface area contributed by atoms with E-state index in [1.54, 1.807) is 36.1 Å². The predicted octanol–water partition coefficient (Wildman–Crippen LogP) is 4.85. The van der Waals surface area contributed by atoms with Crippen molar-refractivity contribution in [3.8, 4) is 0 Å². The molecule has 1 aliphatic heterocycles. The molecule has 2 aromatic carbocycles. The second-order valence-electron chi connectivity index (χ2n) is 8.22. The summed E-state index contributed by atoms with van der Waals surface area (Å²) in [5, 5.41) is 6.97. The molecular weight excluding hydrogens is 519 g/mol. The highest BCUT2D eigenvalue weighted by Gasteiger charge is 2.20. The molecule has 0 saturated carbocycles. The van der Waals surface area contributed by atoms with Crippen molar-refractivity contribution in [2.45, 2.75) is 13.5 Å². The van der Waals surface area contributed by atoms with Gasteiger partial charge in [-0.05, 0) is 42.8 Å². The summed E-state index contributed by atoms with van der Waals surface area (Å²) in [5.74, 6) is -0.968. The molecule has 2 heterocycles. The van der Waals surface area contributed by atoms with Crippen LogP contribution in [0.2, 0.25) is 10.0 Å². The minimum absolute atomic E-state index is 0.132. The Hall–Kier alpha value is -3.53. The maximum atomic E-state index is 12.6. The Morgan fingerprint density at radius 3 is 2.57 bits per heavy atom. The Balaban J connectivity index is 1.42. The molecule has 0 spiro atoms. The lowest BCUT2D eigenvalue weighted by molar-refractivity contribution is -0.111. The smallest absolute Gasteiger partial charge is 0.355 e. The predicted molar refractivity (Wildman–Crippen MR) is 143 cm³/mol. The first-order chi connectivity index (χ1) is 17.9. The number of aromatic nitrogens is 1. The summed E-state index contributed by atoms with van der Waals surface area (Å²) < 4.78 is 10.4. The largest absolute Gasteiger partial charge is 0.461 e. The normalized spacial score (nSPS) is 13.6. The lowest BCUT2D eigenvalue weighted by Gasteiger charge is -2.26. The zero-order chi connectivity index (χ0) is 26.4. The number of halogens is 2. The zero-order valence-electron chi connectivity index (χ0n) is 20.1. The molecule has 0 atom stereocenters. The van der Waals surface area contributed by atoms with Crippen LogP contribution in [-0.4, -0.2) is 60.7 Å². The molecule has 11 heteroatoms. The average Bonchev–Trinajstić information content (AvgIpc) is 3.26. The molecule has 1 saturated heterocycles. The Labute approximate surface area is 223 Å². The van der Waals surface area contributed by atoms with Crippen LogP contribution in [0.15, 0.2) is 42.5 Å². The molecule has 3 N–H and O–H groups in total. The van der Waals surface area contributed by atoms with E-state index >= 15 is 0 Å². The number of esters is 1. The highest BCUT2D eigenvalue weighted by atomic mass is 35.5. The van der Waals surface area contributed by atoms with Crippen LogP contribution >= 0.6 is 23.2 Å². The number of hydrogen-bond donors (Lipinski definition) is 3. The van der Waals surface area contributed by atoms with Crippen molar-refractivity contribution in [2.75, 3.05) is 38.2 Å². The molecule has 3 aromatic rings. The Morgan fingerprint density at radius 2 is 1.86 bits per heavy atom. The first-order valence-electron chi connectivity index (χ1n) is 11.7. The quantitative estimate of drug-likeness (QED) is 0.291. The minimum atomic E-state index is -0.567. The molecule has 4 rings (SSSR count). The molecule has 1 aromatic heterocycles. The average molecular weight is 545 g/mol. The SMILES string of the molecule is CCOC(=O)c1[nH]c2cc(Cl)cc(Cl)c2c1/C=C/C(=O)Nc1ccc(CNC(=O)N2CCOCC2)cc1. The van der Waals surface area contributed by atoms with Crippen molar-refractivity contribution in [3.05, 3.63) is 69.3 Å². The van der Waals surface area contributed by atoms with E-state index in [4.69, 9.17) is 32.7 Å². The summed E-state index contributed by atoms with van der Waals surface area (Å²) in [6.45, 7) is 4.50. The van der Waals surface area contributed by atoms with Crippen molar-refractivity contribution in [3.63, 3.8) is 0 Å². The van der Waals surface area contributed by atoms with Gasteiger partial charge in [-0.25, -0.2) is 9.59 Å². The maximum absolute atomic E-state index is 12.6. The number of benzene rings is 2. The first-order valence-corrected chi connectivity index (χ1v) is 12.5. The number of anilines is 1. The molecule has 0 aliphatic carbocycles. The van der Waals surface area contributed by atoms with Gasteiger partial charge >= 0.3 is 12.0 Å². The molecule has 0 bridgehead atoms. The number of carbonyl (C=O) groups excluding carboxylic acids is 3. The number of nitrogens with one attached hydrogen (secondary N) is 3. The molecule has 1 aliphatic rings. The van der Waals surface area contributed by atoms with Gasteiger partial charge in [0.25, 0.3) is 0 Å². The lowest BCUT2D eigenvalue weighted by atomic mass is 10.1. The fourth-order valence-corrected chi connectivity index (χ4v) is 4.50. The summed E-state index contributed by atoms with van der Waals surface area (Å²) in [6, 6.07) is 10.2. The zero-order valence-corrected chi connectivity index (χ0v) is 21.6. The lowest BCUT2D eigenvalue weighted by Crippen LogP contribution is -2.45. The van der Waals surface area contributed by atoms with E-state index in [-0.39, 0.29) is 18.3 Å². The maximum Gasteiger partial charge on any atom is 0.355 e. The number of amides is 3. The van der Waals surface area contributed by atoms with E-state index in [1.807, 2.05) is 12.1 Å². The number of nitrogens with zero attached hydrogens (tertiary/aromatic N) is 1. The van der Waals surface area contributed by atoms with Gasteiger partial charge in [-0.3, -0.25) is 4.79 Å². The van der Waals surface area contributed by atoms with E-state index in [1.165, 1.54) is 12.2 Å². The van der Waals surface area contributed by atoms with Gasteiger partial charge in [0, 0.05) is 52.9 Å². The second kappa shape index (κ2) is 12.1. The van der Waals surface area contributed by atoms with Crippen LogP contribution in [0, 0.1) is 0 Å². The van der Waals surface area contributed by atoms with Crippen LogP contribution in [0.25, 0.3) is 17.0 Å². The molecule has 9 nitrogen and oxygen atoms in total. The number of hydrogen-bond acceptors (Lipinski definition) is 5. The first kappa shape index (κ1) is 26.5. The van der Waals surface area contributed by atoms with E-state index in [0.717, 1.165) is 5.56 Å². The summed E-state index contributed by atoms with van der Waals surface area (Å²) >= 11 is 12.5. The number of H-pyrrole nitrogens is 1. The molecular formula is C26H26Cl2N4O5. The van der Waals surface area contributed by atoms with Crippen LogP contribution in [0.4, 0.5) is 10.5 Å². The van der Waals surface area contributed by atoms with Crippen LogP contribution in [0.3, 0.4) is 0 Å². The van der Waals surface area contributed by atoms with Gasteiger partial charge < -0.3 is 30.0 Å². The Morgan fingerprint density at radius 1 is 1.14 bits per heavy atom. The number of aromatic amines is 1. The fourth-order valence-electron chi connectivity index (χ4n) is 3.91. The number of morpholine rings is 1. The third-order valence-electron chi connectivity index (χ3n) is 5.70. The van der Waals surface area contributed by atoms with Crippen molar-refractivity contribution < 1.29 is 23.9 Å². The van der Waals surface area contributed by atoms with E-state index in [9.17, 15) is 14.4 Å². The topological polar surface area (TPSA) is 113 Å². The Bertz CT molecular complexity index is 1330. The third kappa shape index (κ3) is 6.62. The van der Waals surface area contributed by atoms with Crippen molar-refractivity contribution in [1.82, 2.24) is 15.2 Å². The molecule has 1 fully saturated rings. The van der Waals surface area contributed by atoms with Gasteiger partial charge in [0.2, 0.25) is 5.91 Å². The standard InChI is InChI=1S/C26H26Cl2N4O5/c1-2-37-25(34)24-19(23-20(28)13-17(27)14-21(23)31-24)7-8-22(33)30-18-5-3-16(4-6-18)15-29-26(35)32-9-11-36-12-10-32/h3-8,13-14,31H,2,9-12,15H2,1H3,(H,29,35)(H,30,33)/b8-7+. The summed E-state index contributed by atoms with van der Waals surface area (Å²) in [6.07, 6.45) is 2.82. The molecule has 37 heavy (non-hydrogen) atoms. The van der Waals surface area contributed by atoms with Crippen LogP contribution in [0.5, 0.6) is 0 Å². The monoisotopic (exact) mass is 544 g/mol. The van der Waals surface area contributed by atoms with Crippen molar-refractivity contribution in [2.24, 2.45) is 0 Å². The number of ether oxygens (including phenoxy) is 2. The third-order valence-corrected chi connectivity index (χ3v) is 6.21. The molecule has 0 unspecified atom stereocenters. The van der Waals surface area contributed by atoms with Gasteiger partial charge in [-0.15, -0.1) is 0 Å². The van der Waals surface area contributed by atoms with Gasteiger partial charge in [0.1, 0.15) is 5.69 Å². The van der Waals surface area contributed by atoms with Crippen LogP contribution in [-0.2, 0) is 20.8 Å². The number of urea groups is 1. The molecule has 194 valence electrons. The van der Waals surface area contributed by atoms with E-state index < -0.39 is 11.9 Å². The molecule has 0 radical (unpaired) electrons. The van der Waals surface area contributed by atoms with Crippen LogP contribution in [0.1, 0.15) is 28.5 Å². The highest BCUT2D eigenvalue weighted by Crippen LogP contribution is 2.33. The fraction of sp³-hybridized carbons (Fsp3) is 0.269. The Kier molecular flexibility index (Phi) is 8.70. The van der Waals surface area contributed by atoms with Crippen LogP contribution < -0.4 is 10.6 Å². The number of fused-ring (bicyclic) bond motifs is 1. The van der Waals surface area contributed by atoms with E-state index in [2.05, 4.69) is 15.6 Å². The summed E-state index contributed by atoms with van der Waals surface area (Å²) in [5.41, 5.74) is 2.62. The number of rotatable bonds is 7. The minimum Gasteiger partial charge on any atom is -0.461 e. The summed E-state index contributed by atoms with van der Waals surface area (Å²) in [7, 11) is 0. The summed E-state index contributed by atoms with van der Waals surface area (Å²) in [4.78, 5) is 42.0. The van der Waals surface area contributed by atoms with Gasteiger partial charge in [0.05, 0.1) is 24.8 Å². The molecule has 3 amide bonds. The van der Waals surface area contributed by atoms with Gasteiger partial charge in [-0.2, -0.15) is 0 Å². The van der Waals surface area contributed by atoms with Gasteiger partial charge in [-0.1, -0.05) is 35.3 Å². The highest BCUT2D eigenvalue weighted by molar-refractivity contribution is 6.39. The van der Waals surface area contributed by atoms with Crippen molar-refractivity contribution in [1.29, 1.82) is 0 Å². The van der Waals surface area contributed by atoms with Crippen molar-refractivity contribution >= 4 is 63.8 Å². The van der Waals surface area contributed by atoms with E-state index in [0.29, 0.717) is 65.0 Å². The second-order valence-corrected chi connectivity index (χ2v) is 9.07. The number of carbonyl (C=O) groups is 3.